The number of benzene rings is 4. The second-order valence-corrected chi connectivity index (χ2v) is 8.57. The number of hydrogen-bond acceptors (Lipinski definition) is 3. The number of hydrogen-bond donors (Lipinski definition) is 3. The van der Waals surface area contributed by atoms with Crippen molar-refractivity contribution in [3.8, 4) is 22.6 Å². The van der Waals surface area contributed by atoms with Crippen molar-refractivity contribution in [2.24, 2.45) is 0 Å². The predicted octanol–water partition coefficient (Wildman–Crippen LogP) is 5.74. The summed E-state index contributed by atoms with van der Waals surface area (Å²) in [6.45, 7) is 0. The van der Waals surface area contributed by atoms with Crippen LogP contribution in [0.4, 0.5) is 0 Å². The van der Waals surface area contributed by atoms with E-state index < -0.39 is 0 Å². The van der Waals surface area contributed by atoms with Crippen molar-refractivity contribution in [3.05, 3.63) is 107 Å². The molecule has 4 aromatic rings. The van der Waals surface area contributed by atoms with Crippen LogP contribution in [-0.4, -0.2) is 10.2 Å². The summed E-state index contributed by atoms with van der Waals surface area (Å²) in [7, 11) is 2.56. The van der Waals surface area contributed by atoms with Crippen LogP contribution >= 0.6 is 21.9 Å². The molecule has 0 amide bonds. The van der Waals surface area contributed by atoms with Gasteiger partial charge in [-0.1, -0.05) is 60.7 Å². The van der Waals surface area contributed by atoms with Gasteiger partial charge in [0.2, 0.25) is 0 Å². The van der Waals surface area contributed by atoms with E-state index in [1.807, 2.05) is 24.3 Å². The predicted molar refractivity (Wildman–Crippen MR) is 130 cm³/mol. The van der Waals surface area contributed by atoms with Gasteiger partial charge in [-0.3, -0.25) is 0 Å². The zero-order valence-corrected chi connectivity index (χ0v) is 18.5. The third kappa shape index (κ3) is 4.87. The molecule has 4 rings (SSSR count). The van der Waals surface area contributed by atoms with E-state index in [-0.39, 0.29) is 5.75 Å². The Morgan fingerprint density at radius 2 is 1.03 bits per heavy atom. The first-order valence-corrected chi connectivity index (χ1v) is 10.8. The van der Waals surface area contributed by atoms with Crippen LogP contribution in [-0.2, 0) is 12.8 Å². The van der Waals surface area contributed by atoms with Crippen LogP contribution in [0.25, 0.3) is 11.1 Å². The minimum absolute atomic E-state index is 0.216. The molecule has 0 aliphatic carbocycles. The van der Waals surface area contributed by atoms with Crippen molar-refractivity contribution in [1.82, 2.24) is 0 Å². The van der Waals surface area contributed by atoms with Gasteiger partial charge in [0.25, 0.3) is 0 Å². The highest BCUT2D eigenvalue weighted by atomic mass is 32.1. The Morgan fingerprint density at radius 1 is 0.567 bits per heavy atom. The zero-order chi connectivity index (χ0) is 21.1. The Kier molecular flexibility index (Phi) is 6.13. The first-order chi connectivity index (χ1) is 14.5. The second kappa shape index (κ2) is 8.95. The SMILES string of the molecule is Oc1ccc(Cc2ccc(-c3ccc(Cc4ccc(S)c(O)c4)cc3)cc2)cc1P. The van der Waals surface area contributed by atoms with Crippen LogP contribution in [0.5, 0.6) is 11.5 Å². The molecule has 0 radical (unpaired) electrons. The van der Waals surface area contributed by atoms with Crippen LogP contribution in [0.2, 0.25) is 0 Å². The van der Waals surface area contributed by atoms with E-state index in [1.165, 1.54) is 27.8 Å². The average molecular weight is 431 g/mol. The maximum atomic E-state index is 9.82. The molecule has 1 atom stereocenters. The summed E-state index contributed by atoms with van der Waals surface area (Å²) in [4.78, 5) is 0.594. The molecule has 2 N–H and O–H groups in total. The summed E-state index contributed by atoms with van der Waals surface area (Å²) < 4.78 is 0. The summed E-state index contributed by atoms with van der Waals surface area (Å²) in [6, 6.07) is 28.4. The van der Waals surface area contributed by atoms with Gasteiger partial charge in [0, 0.05) is 10.2 Å². The molecule has 0 aromatic heterocycles. The lowest BCUT2D eigenvalue weighted by atomic mass is 9.98. The fourth-order valence-electron chi connectivity index (χ4n) is 3.49. The Labute approximate surface area is 184 Å². The molecule has 0 saturated heterocycles. The van der Waals surface area contributed by atoms with Crippen molar-refractivity contribution in [1.29, 1.82) is 0 Å². The van der Waals surface area contributed by atoms with E-state index in [2.05, 4.69) is 70.4 Å². The molecule has 4 heteroatoms. The molecule has 30 heavy (non-hydrogen) atoms. The first kappa shape index (κ1) is 20.5. The second-order valence-electron chi connectivity index (χ2n) is 7.46. The molecule has 0 saturated carbocycles. The highest BCUT2D eigenvalue weighted by Crippen LogP contribution is 2.25. The lowest BCUT2D eigenvalue weighted by Gasteiger charge is -2.08. The first-order valence-electron chi connectivity index (χ1n) is 9.74. The van der Waals surface area contributed by atoms with Crippen molar-refractivity contribution >= 4 is 27.2 Å². The highest BCUT2D eigenvalue weighted by Gasteiger charge is 2.04. The van der Waals surface area contributed by atoms with Gasteiger partial charge in [0.15, 0.2) is 0 Å². The van der Waals surface area contributed by atoms with Crippen LogP contribution in [0.15, 0.2) is 89.8 Å². The molecular formula is C26H23O2PS. The lowest BCUT2D eigenvalue weighted by Crippen LogP contribution is -1.96. The largest absolute Gasteiger partial charge is 0.507 e. The van der Waals surface area contributed by atoms with Crippen molar-refractivity contribution in [3.63, 3.8) is 0 Å². The van der Waals surface area contributed by atoms with Gasteiger partial charge in [-0.15, -0.1) is 21.9 Å². The number of aromatic hydroxyl groups is 2. The topological polar surface area (TPSA) is 40.5 Å². The Balaban J connectivity index is 1.44. The summed E-state index contributed by atoms with van der Waals surface area (Å²) in [5, 5.41) is 20.3. The maximum absolute atomic E-state index is 9.82. The Bertz CT molecular complexity index is 1070. The third-order valence-electron chi connectivity index (χ3n) is 5.19. The quantitative estimate of drug-likeness (QED) is 0.279. The van der Waals surface area contributed by atoms with Gasteiger partial charge in [-0.25, -0.2) is 0 Å². The molecule has 4 aromatic carbocycles. The summed E-state index contributed by atoms with van der Waals surface area (Å²) >= 11 is 4.21. The molecule has 2 nitrogen and oxygen atoms in total. The fraction of sp³-hybridized carbons (Fsp3) is 0.0769. The van der Waals surface area contributed by atoms with Crippen molar-refractivity contribution in [2.45, 2.75) is 17.7 Å². The van der Waals surface area contributed by atoms with Crippen LogP contribution in [0.3, 0.4) is 0 Å². The highest BCUT2D eigenvalue weighted by molar-refractivity contribution is 7.80. The Hall–Kier alpha value is -2.74. The smallest absolute Gasteiger partial charge is 0.129 e. The average Bonchev–Trinajstić information content (AvgIpc) is 2.75. The molecule has 0 fully saturated rings. The number of phenols is 2. The van der Waals surface area contributed by atoms with Crippen molar-refractivity contribution in [2.75, 3.05) is 0 Å². The van der Waals surface area contributed by atoms with Gasteiger partial charge in [-0.05, 0) is 70.5 Å². The molecule has 1 unspecified atom stereocenters. The third-order valence-corrected chi connectivity index (χ3v) is 6.03. The molecule has 0 heterocycles. The molecule has 0 spiro atoms. The molecule has 0 bridgehead atoms. The van der Waals surface area contributed by atoms with Crippen molar-refractivity contribution < 1.29 is 10.2 Å². The van der Waals surface area contributed by atoms with Gasteiger partial charge in [0.1, 0.15) is 11.5 Å². The summed E-state index contributed by atoms with van der Waals surface area (Å²) in [6.07, 6.45) is 1.60. The van der Waals surface area contributed by atoms with E-state index in [9.17, 15) is 10.2 Å². The van der Waals surface area contributed by atoms with E-state index in [0.717, 1.165) is 23.7 Å². The number of rotatable bonds is 5. The fourth-order valence-corrected chi connectivity index (χ4v) is 3.94. The van der Waals surface area contributed by atoms with Gasteiger partial charge >= 0.3 is 0 Å². The zero-order valence-electron chi connectivity index (χ0n) is 16.4. The normalized spacial score (nSPS) is 10.9. The summed E-state index contributed by atoms with van der Waals surface area (Å²) in [5.41, 5.74) is 7.02. The van der Waals surface area contributed by atoms with E-state index >= 15 is 0 Å². The van der Waals surface area contributed by atoms with E-state index in [1.54, 1.807) is 12.1 Å². The molecular weight excluding hydrogens is 407 g/mol. The van der Waals surface area contributed by atoms with Crippen LogP contribution in [0.1, 0.15) is 22.3 Å². The Morgan fingerprint density at radius 3 is 1.53 bits per heavy atom. The standard InChI is InChI=1S/C26H23O2PS/c27-23-11-5-20(16-25(23)29)14-18-3-9-22(10-4-18)21-7-1-17(2-8-21)13-19-6-12-26(30)24(28)15-19/h1-12,15-16,27-28,30H,13-14,29H2. The van der Waals surface area contributed by atoms with E-state index in [0.29, 0.717) is 10.6 Å². The number of phenolic OH excluding ortho intramolecular Hbond substituents is 2. The van der Waals surface area contributed by atoms with E-state index in [4.69, 9.17) is 0 Å². The molecule has 0 aliphatic rings. The van der Waals surface area contributed by atoms with Crippen LogP contribution in [0, 0.1) is 0 Å². The minimum Gasteiger partial charge on any atom is -0.507 e. The summed E-state index contributed by atoms with van der Waals surface area (Å²) in [5.74, 6) is 0.520. The molecule has 150 valence electrons. The van der Waals surface area contributed by atoms with Gasteiger partial charge < -0.3 is 10.2 Å². The van der Waals surface area contributed by atoms with Gasteiger partial charge in [0.05, 0.1) is 0 Å². The monoisotopic (exact) mass is 430 g/mol. The van der Waals surface area contributed by atoms with Gasteiger partial charge in [-0.2, -0.15) is 0 Å². The van der Waals surface area contributed by atoms with Crippen LogP contribution < -0.4 is 5.30 Å². The number of thiol groups is 1. The minimum atomic E-state index is 0.216. The maximum Gasteiger partial charge on any atom is 0.129 e. The molecule has 0 aliphatic heterocycles. The lowest BCUT2D eigenvalue weighted by molar-refractivity contribution is 0.462.